The highest BCUT2D eigenvalue weighted by atomic mass is 15.2. The Kier molecular flexibility index (Phi) is 0.861. The molecule has 0 amide bonds. The molecule has 0 radical (unpaired) electrons. The summed E-state index contributed by atoms with van der Waals surface area (Å²) in [6.07, 6.45) is 4.06. The van der Waals surface area contributed by atoms with Gasteiger partial charge in [0.25, 0.3) is 0 Å². The Labute approximate surface area is 49.0 Å². The minimum atomic E-state index is 0.634. The maximum Gasteiger partial charge on any atom is 0.0754 e. The first-order valence-corrected chi connectivity index (χ1v) is 3.33. The van der Waals surface area contributed by atoms with Gasteiger partial charge in [-0.15, -0.1) is 0 Å². The van der Waals surface area contributed by atoms with Crippen molar-refractivity contribution in [3.05, 3.63) is 0 Å². The largest absolute Gasteiger partial charge is 0.194 e. The molecular weight excluding hydrogens is 100 g/mol. The molecule has 0 N–H and O–H groups in total. The third-order valence-electron chi connectivity index (χ3n) is 2.17. The number of fused-ring (bicyclic) bond motifs is 1. The molecule has 2 atom stereocenters. The quantitative estimate of drug-likeness (QED) is 0.452. The van der Waals surface area contributed by atoms with E-state index in [4.69, 9.17) is 0 Å². The monoisotopic (exact) mass is 110 g/mol. The predicted molar refractivity (Wildman–Crippen MR) is 30.9 cm³/mol. The minimum Gasteiger partial charge on any atom is -0.194 e. The van der Waals surface area contributed by atoms with Crippen molar-refractivity contribution in [3.8, 4) is 0 Å². The first-order valence-electron chi connectivity index (χ1n) is 3.33. The molecule has 0 aromatic heterocycles. The lowest BCUT2D eigenvalue weighted by Gasteiger charge is -2.00. The van der Waals surface area contributed by atoms with Crippen molar-refractivity contribution < 1.29 is 0 Å². The van der Waals surface area contributed by atoms with E-state index in [1.165, 1.54) is 19.3 Å². The zero-order valence-corrected chi connectivity index (χ0v) is 4.88. The smallest absolute Gasteiger partial charge is 0.0754 e. The van der Waals surface area contributed by atoms with Crippen LogP contribution in [-0.2, 0) is 0 Å². The standard InChI is InChI=1S/C6H10N2/c1-2-5-4-7-8-6(5)3-1/h5-6H,1-4H2. The molecule has 8 heavy (non-hydrogen) atoms. The average Bonchev–Trinajstić information content (AvgIpc) is 2.15. The van der Waals surface area contributed by atoms with Crippen molar-refractivity contribution in [3.63, 3.8) is 0 Å². The second-order valence-corrected chi connectivity index (χ2v) is 2.70. The third-order valence-corrected chi connectivity index (χ3v) is 2.17. The van der Waals surface area contributed by atoms with Crippen LogP contribution >= 0.6 is 0 Å². The fraction of sp³-hybridized carbons (Fsp3) is 1.00. The van der Waals surface area contributed by atoms with Crippen LogP contribution in [0.25, 0.3) is 0 Å². The van der Waals surface area contributed by atoms with Crippen LogP contribution < -0.4 is 0 Å². The average molecular weight is 110 g/mol. The molecule has 1 aliphatic carbocycles. The molecule has 0 aromatic carbocycles. The lowest BCUT2D eigenvalue weighted by atomic mass is 10.1. The fourth-order valence-electron chi connectivity index (χ4n) is 1.64. The van der Waals surface area contributed by atoms with E-state index in [-0.39, 0.29) is 0 Å². The normalized spacial score (nSPS) is 43.0. The van der Waals surface area contributed by atoms with Crippen molar-refractivity contribution in [2.75, 3.05) is 6.54 Å². The summed E-state index contributed by atoms with van der Waals surface area (Å²) >= 11 is 0. The van der Waals surface area contributed by atoms with Gasteiger partial charge in [0, 0.05) is 5.92 Å². The van der Waals surface area contributed by atoms with Crippen molar-refractivity contribution >= 4 is 0 Å². The molecule has 2 aliphatic rings. The molecule has 2 nitrogen and oxygen atoms in total. The topological polar surface area (TPSA) is 24.7 Å². The van der Waals surface area contributed by atoms with Crippen LogP contribution in [-0.4, -0.2) is 12.6 Å². The Morgan fingerprint density at radius 1 is 1.25 bits per heavy atom. The van der Waals surface area contributed by atoms with Crippen molar-refractivity contribution in [1.29, 1.82) is 0 Å². The highest BCUT2D eigenvalue weighted by Crippen LogP contribution is 2.32. The number of azo groups is 1. The zero-order valence-electron chi connectivity index (χ0n) is 4.88. The highest BCUT2D eigenvalue weighted by Gasteiger charge is 2.30. The molecule has 1 heterocycles. The van der Waals surface area contributed by atoms with Gasteiger partial charge in [0.1, 0.15) is 0 Å². The summed E-state index contributed by atoms with van der Waals surface area (Å²) in [6.45, 7) is 1.02. The summed E-state index contributed by atoms with van der Waals surface area (Å²) in [7, 11) is 0. The summed E-state index contributed by atoms with van der Waals surface area (Å²) in [4.78, 5) is 0. The van der Waals surface area contributed by atoms with Crippen LogP contribution in [0.2, 0.25) is 0 Å². The molecule has 0 spiro atoms. The Morgan fingerprint density at radius 3 is 3.12 bits per heavy atom. The van der Waals surface area contributed by atoms with E-state index in [1.807, 2.05) is 0 Å². The van der Waals surface area contributed by atoms with Crippen molar-refractivity contribution in [1.82, 2.24) is 0 Å². The maximum atomic E-state index is 4.12. The van der Waals surface area contributed by atoms with Gasteiger partial charge in [-0.05, 0) is 12.8 Å². The van der Waals surface area contributed by atoms with Gasteiger partial charge in [0.2, 0.25) is 0 Å². The maximum absolute atomic E-state index is 4.12. The highest BCUT2D eigenvalue weighted by molar-refractivity contribution is 4.86. The van der Waals surface area contributed by atoms with Gasteiger partial charge in [-0.1, -0.05) is 6.42 Å². The summed E-state index contributed by atoms with van der Waals surface area (Å²) in [6, 6.07) is 0.634. The van der Waals surface area contributed by atoms with Crippen LogP contribution in [0.4, 0.5) is 0 Å². The van der Waals surface area contributed by atoms with Crippen LogP contribution in [0.15, 0.2) is 10.2 Å². The Hall–Kier alpha value is -0.400. The molecular formula is C6H10N2. The van der Waals surface area contributed by atoms with Crippen LogP contribution in [0, 0.1) is 5.92 Å². The van der Waals surface area contributed by atoms with Crippen LogP contribution in [0.3, 0.4) is 0 Å². The van der Waals surface area contributed by atoms with Gasteiger partial charge in [-0.2, -0.15) is 10.2 Å². The van der Waals surface area contributed by atoms with Gasteiger partial charge in [-0.3, -0.25) is 0 Å². The molecule has 0 saturated heterocycles. The van der Waals surface area contributed by atoms with E-state index in [0.29, 0.717) is 6.04 Å². The van der Waals surface area contributed by atoms with E-state index in [0.717, 1.165) is 12.5 Å². The first-order chi connectivity index (χ1) is 3.97. The molecule has 1 aliphatic heterocycles. The van der Waals surface area contributed by atoms with Crippen molar-refractivity contribution in [2.45, 2.75) is 25.3 Å². The first kappa shape index (κ1) is 4.48. The molecule has 1 saturated carbocycles. The molecule has 1 fully saturated rings. The van der Waals surface area contributed by atoms with E-state index in [1.54, 1.807) is 0 Å². The summed E-state index contributed by atoms with van der Waals surface area (Å²) < 4.78 is 0. The molecule has 2 rings (SSSR count). The van der Waals surface area contributed by atoms with Crippen molar-refractivity contribution in [2.24, 2.45) is 16.1 Å². The van der Waals surface area contributed by atoms with Gasteiger partial charge in [-0.25, -0.2) is 0 Å². The minimum absolute atomic E-state index is 0.634. The van der Waals surface area contributed by atoms with Crippen LogP contribution in [0.5, 0.6) is 0 Å². The zero-order chi connectivity index (χ0) is 5.40. The lowest BCUT2D eigenvalue weighted by molar-refractivity contribution is 0.556. The van der Waals surface area contributed by atoms with Crippen LogP contribution in [0.1, 0.15) is 19.3 Å². The number of nitrogens with zero attached hydrogens (tertiary/aromatic N) is 2. The molecule has 44 valence electrons. The second-order valence-electron chi connectivity index (χ2n) is 2.70. The molecule has 2 unspecified atom stereocenters. The number of hydrogen-bond acceptors (Lipinski definition) is 2. The lowest BCUT2D eigenvalue weighted by Crippen LogP contribution is -2.06. The summed E-state index contributed by atoms with van der Waals surface area (Å²) in [5.74, 6) is 0.843. The molecule has 0 bridgehead atoms. The van der Waals surface area contributed by atoms with E-state index < -0.39 is 0 Å². The Balaban J connectivity index is 2.13. The molecule has 0 aromatic rings. The fourth-order valence-corrected chi connectivity index (χ4v) is 1.64. The summed E-state index contributed by atoms with van der Waals surface area (Å²) in [5, 5.41) is 8.12. The van der Waals surface area contributed by atoms with Gasteiger partial charge in [0.05, 0.1) is 12.6 Å². The SMILES string of the molecule is C1CC2CN=NC2C1. The predicted octanol–water partition coefficient (Wildman–Crippen LogP) is 1.62. The molecule has 2 heteroatoms. The van der Waals surface area contributed by atoms with E-state index >= 15 is 0 Å². The van der Waals surface area contributed by atoms with Gasteiger partial charge >= 0.3 is 0 Å². The van der Waals surface area contributed by atoms with Gasteiger partial charge in [0.15, 0.2) is 0 Å². The number of hydrogen-bond donors (Lipinski definition) is 0. The van der Waals surface area contributed by atoms with Gasteiger partial charge < -0.3 is 0 Å². The second kappa shape index (κ2) is 1.54. The van der Waals surface area contributed by atoms with E-state index in [2.05, 4.69) is 10.2 Å². The Morgan fingerprint density at radius 2 is 2.25 bits per heavy atom. The van der Waals surface area contributed by atoms with E-state index in [9.17, 15) is 0 Å². The Bertz CT molecular complexity index is 120. The number of rotatable bonds is 0. The third kappa shape index (κ3) is 0.487. The summed E-state index contributed by atoms with van der Waals surface area (Å²) in [5.41, 5.74) is 0.